The van der Waals surface area contributed by atoms with Crippen LogP contribution in [-0.2, 0) is 11.3 Å². The number of aromatic nitrogens is 4. The lowest BCUT2D eigenvalue weighted by Gasteiger charge is -2.03. The lowest BCUT2D eigenvalue weighted by molar-refractivity contribution is 0.103. The van der Waals surface area contributed by atoms with E-state index < -0.39 is 0 Å². The van der Waals surface area contributed by atoms with Crippen molar-refractivity contribution in [1.82, 2.24) is 19.8 Å². The zero-order chi connectivity index (χ0) is 10.3. The van der Waals surface area contributed by atoms with E-state index in [0.717, 1.165) is 35.2 Å². The molecule has 1 unspecified atom stereocenters. The van der Waals surface area contributed by atoms with Gasteiger partial charge in [-0.3, -0.25) is 0 Å². The van der Waals surface area contributed by atoms with E-state index in [2.05, 4.69) is 15.3 Å². The molecular formula is C8H11N5OS. The third-order valence-electron chi connectivity index (χ3n) is 2.45. The number of ether oxygens (including phenoxy) is 1. The quantitative estimate of drug-likeness (QED) is 0.805. The molecule has 0 aliphatic carbocycles. The monoisotopic (exact) mass is 225 g/mol. The van der Waals surface area contributed by atoms with Crippen molar-refractivity contribution in [1.29, 1.82) is 0 Å². The molecule has 0 spiro atoms. The molecule has 80 valence electrons. The van der Waals surface area contributed by atoms with Gasteiger partial charge in [0.25, 0.3) is 0 Å². The van der Waals surface area contributed by atoms with E-state index in [1.165, 1.54) is 11.3 Å². The molecule has 0 bridgehead atoms. The van der Waals surface area contributed by atoms with Crippen molar-refractivity contribution < 1.29 is 4.74 Å². The summed E-state index contributed by atoms with van der Waals surface area (Å²) in [7, 11) is 0. The minimum Gasteiger partial charge on any atom is -0.370 e. The second-order valence-corrected chi connectivity index (χ2v) is 4.49. The molecule has 2 aromatic rings. The van der Waals surface area contributed by atoms with Crippen molar-refractivity contribution in [3.63, 3.8) is 0 Å². The molecule has 0 saturated carbocycles. The van der Waals surface area contributed by atoms with E-state index >= 15 is 0 Å². The van der Waals surface area contributed by atoms with Crippen LogP contribution in [-0.4, -0.2) is 26.4 Å². The van der Waals surface area contributed by atoms with E-state index in [1.54, 1.807) is 4.52 Å². The molecule has 6 nitrogen and oxygen atoms in total. The topological polar surface area (TPSA) is 78.3 Å². The molecule has 0 aromatic carbocycles. The number of hydrogen-bond donors (Lipinski definition) is 1. The Morgan fingerprint density at radius 2 is 2.47 bits per heavy atom. The van der Waals surface area contributed by atoms with Gasteiger partial charge in [-0.15, -0.1) is 10.2 Å². The standard InChI is InChI=1S/C8H11N5OS/c9-4-6-12-13-7(5-2-1-3-14-5)10-11-8(13)15-6/h5H,1-4,9H2. The van der Waals surface area contributed by atoms with Crippen LogP contribution in [0.3, 0.4) is 0 Å². The van der Waals surface area contributed by atoms with Crippen LogP contribution >= 0.6 is 11.3 Å². The Kier molecular flexibility index (Phi) is 2.15. The predicted molar refractivity (Wildman–Crippen MR) is 54.5 cm³/mol. The number of fused-ring (bicyclic) bond motifs is 1. The second kappa shape index (κ2) is 3.51. The maximum atomic E-state index is 5.56. The lowest BCUT2D eigenvalue weighted by Crippen LogP contribution is -2.04. The van der Waals surface area contributed by atoms with Crippen LogP contribution in [0.15, 0.2) is 0 Å². The first-order valence-electron chi connectivity index (χ1n) is 4.91. The molecule has 1 aliphatic heterocycles. The Hall–Kier alpha value is -1.05. The van der Waals surface area contributed by atoms with Crippen LogP contribution in [0.2, 0.25) is 0 Å². The zero-order valence-corrected chi connectivity index (χ0v) is 8.90. The Balaban J connectivity index is 2.05. The summed E-state index contributed by atoms with van der Waals surface area (Å²) < 4.78 is 7.31. The smallest absolute Gasteiger partial charge is 0.234 e. The average molecular weight is 225 g/mol. The minimum absolute atomic E-state index is 0.0488. The summed E-state index contributed by atoms with van der Waals surface area (Å²) in [4.78, 5) is 0.793. The molecule has 1 atom stereocenters. The highest BCUT2D eigenvalue weighted by Gasteiger charge is 2.24. The van der Waals surface area contributed by atoms with Crippen molar-refractivity contribution in [3.05, 3.63) is 10.8 Å². The highest BCUT2D eigenvalue weighted by Crippen LogP contribution is 2.28. The number of nitrogens with zero attached hydrogens (tertiary/aromatic N) is 4. The molecule has 1 aliphatic rings. The van der Waals surface area contributed by atoms with Crippen molar-refractivity contribution in [3.8, 4) is 0 Å². The van der Waals surface area contributed by atoms with Crippen LogP contribution in [0.5, 0.6) is 0 Å². The Morgan fingerprint density at radius 3 is 3.20 bits per heavy atom. The highest BCUT2D eigenvalue weighted by atomic mass is 32.1. The zero-order valence-electron chi connectivity index (χ0n) is 8.09. The Labute approximate surface area is 90.1 Å². The summed E-state index contributed by atoms with van der Waals surface area (Å²) in [5, 5.41) is 13.4. The number of hydrogen-bond acceptors (Lipinski definition) is 6. The van der Waals surface area contributed by atoms with E-state index in [4.69, 9.17) is 10.5 Å². The van der Waals surface area contributed by atoms with Crippen LogP contribution in [0.4, 0.5) is 0 Å². The van der Waals surface area contributed by atoms with Crippen LogP contribution in [0.1, 0.15) is 29.8 Å². The van der Waals surface area contributed by atoms with Gasteiger partial charge in [0.05, 0.1) is 0 Å². The first-order valence-corrected chi connectivity index (χ1v) is 5.73. The first kappa shape index (κ1) is 9.20. The second-order valence-electron chi connectivity index (χ2n) is 3.45. The van der Waals surface area contributed by atoms with Gasteiger partial charge in [-0.25, -0.2) is 0 Å². The van der Waals surface area contributed by atoms with Gasteiger partial charge in [0, 0.05) is 13.2 Å². The minimum atomic E-state index is 0.0488. The van der Waals surface area contributed by atoms with Crippen molar-refractivity contribution in [2.24, 2.45) is 5.73 Å². The largest absolute Gasteiger partial charge is 0.370 e. The fourth-order valence-electron chi connectivity index (χ4n) is 1.74. The molecule has 3 rings (SSSR count). The van der Waals surface area contributed by atoms with Gasteiger partial charge >= 0.3 is 0 Å². The van der Waals surface area contributed by atoms with Gasteiger partial charge in [-0.05, 0) is 12.8 Å². The van der Waals surface area contributed by atoms with Gasteiger partial charge in [0.15, 0.2) is 5.82 Å². The molecule has 3 heterocycles. The predicted octanol–water partition coefficient (Wildman–Crippen LogP) is 0.496. The van der Waals surface area contributed by atoms with Crippen molar-refractivity contribution in [2.45, 2.75) is 25.5 Å². The van der Waals surface area contributed by atoms with Gasteiger partial charge in [0.1, 0.15) is 11.1 Å². The average Bonchev–Trinajstić information content (AvgIpc) is 2.92. The third-order valence-corrected chi connectivity index (χ3v) is 3.37. The normalized spacial score (nSPS) is 21.5. The molecule has 2 aromatic heterocycles. The molecular weight excluding hydrogens is 214 g/mol. The summed E-state index contributed by atoms with van der Waals surface area (Å²) >= 11 is 1.47. The Morgan fingerprint density at radius 1 is 1.53 bits per heavy atom. The number of rotatable bonds is 2. The first-order chi connectivity index (χ1) is 7.38. The number of nitrogens with two attached hydrogens (primary N) is 1. The van der Waals surface area contributed by atoms with Crippen LogP contribution in [0, 0.1) is 0 Å². The Bertz CT molecular complexity index is 472. The third kappa shape index (κ3) is 1.43. The molecule has 0 radical (unpaired) electrons. The SMILES string of the molecule is NCc1nn2c(C3CCCO3)nnc2s1. The molecule has 7 heteroatoms. The maximum absolute atomic E-state index is 5.56. The molecule has 15 heavy (non-hydrogen) atoms. The molecule has 1 saturated heterocycles. The van der Waals surface area contributed by atoms with Gasteiger partial charge in [-0.2, -0.15) is 9.61 Å². The van der Waals surface area contributed by atoms with E-state index in [0.29, 0.717) is 6.54 Å². The molecule has 0 amide bonds. The molecule has 2 N–H and O–H groups in total. The maximum Gasteiger partial charge on any atom is 0.234 e. The molecule has 1 fully saturated rings. The fourth-order valence-corrected chi connectivity index (χ4v) is 2.46. The lowest BCUT2D eigenvalue weighted by atomic mass is 10.2. The summed E-state index contributed by atoms with van der Waals surface area (Å²) in [6.07, 6.45) is 2.12. The van der Waals surface area contributed by atoms with Crippen LogP contribution < -0.4 is 5.73 Å². The van der Waals surface area contributed by atoms with Gasteiger partial charge in [-0.1, -0.05) is 11.3 Å². The van der Waals surface area contributed by atoms with Gasteiger partial charge in [0.2, 0.25) is 4.96 Å². The van der Waals surface area contributed by atoms with E-state index in [9.17, 15) is 0 Å². The summed E-state index contributed by atoms with van der Waals surface area (Å²) in [5.41, 5.74) is 5.53. The summed E-state index contributed by atoms with van der Waals surface area (Å²) in [5.74, 6) is 0.804. The van der Waals surface area contributed by atoms with Crippen molar-refractivity contribution in [2.75, 3.05) is 6.61 Å². The van der Waals surface area contributed by atoms with E-state index in [-0.39, 0.29) is 6.10 Å². The highest BCUT2D eigenvalue weighted by molar-refractivity contribution is 7.16. The summed E-state index contributed by atoms with van der Waals surface area (Å²) in [6, 6.07) is 0. The van der Waals surface area contributed by atoms with Gasteiger partial charge < -0.3 is 10.5 Å². The van der Waals surface area contributed by atoms with Crippen molar-refractivity contribution >= 4 is 16.3 Å². The van der Waals surface area contributed by atoms with E-state index in [1.807, 2.05) is 0 Å². The van der Waals surface area contributed by atoms with Crippen LogP contribution in [0.25, 0.3) is 4.96 Å². The summed E-state index contributed by atoms with van der Waals surface area (Å²) in [6.45, 7) is 1.24. The fraction of sp³-hybridized carbons (Fsp3) is 0.625.